The number of benzene rings is 1. The van der Waals surface area contributed by atoms with E-state index in [4.69, 9.17) is 4.42 Å². The van der Waals surface area contributed by atoms with Crippen LogP contribution in [0.1, 0.15) is 44.6 Å². The second kappa shape index (κ2) is 6.38. The summed E-state index contributed by atoms with van der Waals surface area (Å²) < 4.78 is 20.0. The van der Waals surface area contributed by atoms with Gasteiger partial charge in [-0.1, -0.05) is 19.9 Å². The van der Waals surface area contributed by atoms with Crippen LogP contribution in [-0.4, -0.2) is 11.5 Å². The Morgan fingerprint density at radius 1 is 1.21 bits per heavy atom. The number of halogens is 1. The van der Waals surface area contributed by atoms with E-state index in [-0.39, 0.29) is 22.9 Å². The molecule has 0 saturated heterocycles. The van der Waals surface area contributed by atoms with Crippen LogP contribution in [0.3, 0.4) is 0 Å². The lowest BCUT2D eigenvalue weighted by atomic mass is 9.69. The van der Waals surface area contributed by atoms with Gasteiger partial charge in [0.15, 0.2) is 5.78 Å². The lowest BCUT2D eigenvalue weighted by molar-refractivity contribution is -0.124. The average molecular weight is 395 g/mol. The highest BCUT2D eigenvalue weighted by atomic mass is 32.2. The van der Waals surface area contributed by atoms with E-state index >= 15 is 0 Å². The number of nitrogens with one attached hydrogen (secondary N) is 1. The van der Waals surface area contributed by atoms with Gasteiger partial charge >= 0.3 is 0 Å². The van der Waals surface area contributed by atoms with E-state index in [0.717, 1.165) is 41.8 Å². The largest absolute Gasteiger partial charge is 0.464 e. The smallest absolute Gasteiger partial charge is 0.167 e. The van der Waals surface area contributed by atoms with Crippen LogP contribution in [0, 0.1) is 11.2 Å². The van der Waals surface area contributed by atoms with E-state index in [1.54, 1.807) is 18.4 Å². The minimum absolute atomic E-state index is 0.125. The van der Waals surface area contributed by atoms with E-state index in [1.807, 2.05) is 37.7 Å². The Hall–Kier alpha value is -2.27. The highest BCUT2D eigenvalue weighted by Crippen LogP contribution is 2.52. The average Bonchev–Trinajstić information content (AvgIpc) is 3.36. The molecule has 1 aliphatic carbocycles. The zero-order valence-corrected chi connectivity index (χ0v) is 16.8. The second-order valence-corrected chi connectivity index (χ2v) is 9.46. The zero-order valence-electron chi connectivity index (χ0n) is 16.0. The van der Waals surface area contributed by atoms with Crippen molar-refractivity contribution in [3.8, 4) is 11.3 Å². The highest BCUT2D eigenvalue weighted by molar-refractivity contribution is 8.03. The molecule has 144 valence electrons. The Morgan fingerprint density at radius 3 is 2.86 bits per heavy atom. The van der Waals surface area contributed by atoms with Crippen molar-refractivity contribution in [3.05, 3.63) is 69.8 Å². The van der Waals surface area contributed by atoms with E-state index in [2.05, 4.69) is 5.32 Å². The minimum atomic E-state index is -0.371. The molecular weight excluding hydrogens is 373 g/mol. The van der Waals surface area contributed by atoms with Crippen molar-refractivity contribution in [1.29, 1.82) is 0 Å². The van der Waals surface area contributed by atoms with Crippen molar-refractivity contribution in [2.24, 2.45) is 5.41 Å². The van der Waals surface area contributed by atoms with Gasteiger partial charge in [-0.3, -0.25) is 4.79 Å². The first kappa shape index (κ1) is 17.8. The van der Waals surface area contributed by atoms with Gasteiger partial charge in [0.1, 0.15) is 11.6 Å². The Bertz CT molecular complexity index is 1030. The van der Waals surface area contributed by atoms with Crippen molar-refractivity contribution >= 4 is 17.5 Å². The summed E-state index contributed by atoms with van der Waals surface area (Å²) in [7, 11) is 0. The van der Waals surface area contributed by atoms with Gasteiger partial charge in [-0.15, -0.1) is 11.8 Å². The maximum atomic E-state index is 14.5. The summed E-state index contributed by atoms with van der Waals surface area (Å²) in [6.07, 6.45) is 4.25. The third kappa shape index (κ3) is 2.67. The maximum Gasteiger partial charge on any atom is 0.167 e. The summed E-state index contributed by atoms with van der Waals surface area (Å²) in [6, 6.07) is 8.69. The fourth-order valence-electron chi connectivity index (χ4n) is 4.45. The Labute approximate surface area is 168 Å². The van der Waals surface area contributed by atoms with Crippen molar-refractivity contribution in [3.63, 3.8) is 0 Å². The monoisotopic (exact) mass is 395 g/mol. The predicted molar refractivity (Wildman–Crippen MR) is 109 cm³/mol. The number of hydrogen-bond acceptors (Lipinski definition) is 4. The number of rotatable bonds is 2. The van der Waals surface area contributed by atoms with Crippen molar-refractivity contribution in [1.82, 2.24) is 5.32 Å². The van der Waals surface area contributed by atoms with Crippen LogP contribution in [0.25, 0.3) is 11.3 Å². The third-order valence-electron chi connectivity index (χ3n) is 6.05. The van der Waals surface area contributed by atoms with Gasteiger partial charge in [-0.05, 0) is 49.1 Å². The summed E-state index contributed by atoms with van der Waals surface area (Å²) in [5.41, 5.74) is 4.17. The highest BCUT2D eigenvalue weighted by Gasteiger charge is 2.44. The predicted octanol–water partition coefficient (Wildman–Crippen LogP) is 5.76. The molecule has 0 fully saturated rings. The fraction of sp³-hybridized carbons (Fsp3) is 0.348. The summed E-state index contributed by atoms with van der Waals surface area (Å²) in [6.45, 7) is 4.06. The molecule has 28 heavy (non-hydrogen) atoms. The molecule has 0 spiro atoms. The molecule has 0 saturated carbocycles. The van der Waals surface area contributed by atoms with Crippen molar-refractivity contribution < 1.29 is 13.6 Å². The lowest BCUT2D eigenvalue weighted by Crippen LogP contribution is -2.38. The normalized spacial score (nSPS) is 23.5. The standard InChI is InChI=1S/C23H22FNO2S/c1-23(2)9-7-16-20(22(23)26)19(21-17(25-16)8-11-28-21)13-5-6-15(24)14(12-13)18-4-3-10-27-18/h3-6,10,12,19,25H,7-9,11H2,1-2H3. The second-order valence-electron chi connectivity index (χ2n) is 8.32. The number of Topliss-reactive ketones (excluding diaryl/α,β-unsaturated/α-hetero) is 1. The molecule has 0 radical (unpaired) electrons. The molecule has 2 aromatic rings. The Morgan fingerprint density at radius 2 is 2.07 bits per heavy atom. The Balaban J connectivity index is 1.68. The van der Waals surface area contributed by atoms with Crippen LogP contribution in [0.5, 0.6) is 0 Å². The van der Waals surface area contributed by atoms with Crippen LogP contribution in [0.15, 0.2) is 62.9 Å². The Kier molecular flexibility index (Phi) is 4.05. The van der Waals surface area contributed by atoms with Crippen LogP contribution < -0.4 is 5.32 Å². The summed E-state index contributed by atoms with van der Waals surface area (Å²) in [4.78, 5) is 14.6. The number of ketones is 1. The van der Waals surface area contributed by atoms with Crippen LogP contribution in [0.4, 0.5) is 4.39 Å². The molecule has 0 amide bonds. The number of carbonyl (C=O) groups excluding carboxylic acids is 1. The van der Waals surface area contributed by atoms with Gasteiger partial charge in [-0.25, -0.2) is 4.39 Å². The van der Waals surface area contributed by atoms with Gasteiger partial charge < -0.3 is 9.73 Å². The first-order chi connectivity index (χ1) is 13.5. The van der Waals surface area contributed by atoms with Gasteiger partial charge in [0, 0.05) is 39.0 Å². The molecule has 1 atom stereocenters. The number of dihydropyridines is 1. The number of furan rings is 1. The lowest BCUT2D eigenvalue weighted by Gasteiger charge is -2.39. The van der Waals surface area contributed by atoms with Crippen molar-refractivity contribution in [2.75, 3.05) is 5.75 Å². The minimum Gasteiger partial charge on any atom is -0.464 e. The first-order valence-corrected chi connectivity index (χ1v) is 10.7. The number of hydrogen-bond donors (Lipinski definition) is 1. The van der Waals surface area contributed by atoms with Crippen molar-refractivity contribution in [2.45, 2.75) is 39.0 Å². The molecule has 1 N–H and O–H groups in total. The molecule has 5 heteroatoms. The zero-order chi connectivity index (χ0) is 19.5. The van der Waals surface area contributed by atoms with Gasteiger partial charge in [0.2, 0.25) is 0 Å². The molecule has 3 heterocycles. The summed E-state index contributed by atoms with van der Waals surface area (Å²) >= 11 is 1.81. The molecule has 1 aromatic heterocycles. The van der Waals surface area contributed by atoms with E-state index < -0.39 is 0 Å². The van der Waals surface area contributed by atoms with Crippen LogP contribution in [0.2, 0.25) is 0 Å². The van der Waals surface area contributed by atoms with Crippen LogP contribution >= 0.6 is 11.8 Å². The number of allylic oxidation sites excluding steroid dienone is 4. The number of carbonyl (C=O) groups is 1. The molecule has 3 aliphatic rings. The number of thioether (sulfide) groups is 1. The van der Waals surface area contributed by atoms with E-state index in [0.29, 0.717) is 11.3 Å². The molecule has 0 bridgehead atoms. The molecule has 5 rings (SSSR count). The van der Waals surface area contributed by atoms with Gasteiger partial charge in [-0.2, -0.15) is 0 Å². The third-order valence-corrected chi connectivity index (χ3v) is 7.26. The van der Waals surface area contributed by atoms with E-state index in [1.165, 1.54) is 16.7 Å². The molecular formula is C23H22FNO2S. The quantitative estimate of drug-likeness (QED) is 0.701. The maximum absolute atomic E-state index is 14.5. The van der Waals surface area contributed by atoms with Crippen LogP contribution in [-0.2, 0) is 4.79 Å². The van der Waals surface area contributed by atoms with Gasteiger partial charge in [0.25, 0.3) is 0 Å². The fourth-order valence-corrected chi connectivity index (χ4v) is 5.73. The first-order valence-electron chi connectivity index (χ1n) is 9.70. The molecule has 1 aromatic carbocycles. The molecule has 1 unspecified atom stereocenters. The topological polar surface area (TPSA) is 42.2 Å². The molecule has 2 aliphatic heterocycles. The molecule has 3 nitrogen and oxygen atoms in total. The van der Waals surface area contributed by atoms with E-state index in [9.17, 15) is 9.18 Å². The summed E-state index contributed by atoms with van der Waals surface area (Å²) in [5, 5.41) is 3.56. The van der Waals surface area contributed by atoms with Gasteiger partial charge in [0.05, 0.1) is 11.8 Å². The summed E-state index contributed by atoms with van der Waals surface area (Å²) in [5.74, 6) is 1.28. The SMILES string of the molecule is CC1(C)CCC2=C(C1=O)C(c1ccc(F)c(-c3ccco3)c1)C1=C(CCS1)N2.